The summed E-state index contributed by atoms with van der Waals surface area (Å²) in [6, 6.07) is 15.4. The molecule has 2 aliphatic heterocycles. The lowest BCUT2D eigenvalue weighted by molar-refractivity contribution is -0.141. The lowest BCUT2D eigenvalue weighted by Gasteiger charge is -2.39. The highest BCUT2D eigenvalue weighted by Crippen LogP contribution is 2.24. The highest BCUT2D eigenvalue weighted by molar-refractivity contribution is 6.30. The van der Waals surface area contributed by atoms with Crippen molar-refractivity contribution < 1.29 is 14.4 Å². The van der Waals surface area contributed by atoms with Crippen molar-refractivity contribution in [1.29, 1.82) is 0 Å². The number of halogens is 1. The molecule has 0 spiro atoms. The second kappa shape index (κ2) is 11.6. The Bertz CT molecular complexity index is 1040. The van der Waals surface area contributed by atoms with Gasteiger partial charge < -0.3 is 20.0 Å². The number of amides is 3. The van der Waals surface area contributed by atoms with Gasteiger partial charge in [-0.05, 0) is 50.1 Å². The van der Waals surface area contributed by atoms with E-state index < -0.39 is 0 Å². The molecule has 4 rings (SSSR count). The lowest BCUT2D eigenvalue weighted by atomic mass is 9.94. The van der Waals surface area contributed by atoms with E-state index in [1.54, 1.807) is 4.90 Å². The van der Waals surface area contributed by atoms with Gasteiger partial charge in [0.1, 0.15) is 0 Å². The summed E-state index contributed by atoms with van der Waals surface area (Å²) in [6.07, 6.45) is 1.69. The molecule has 2 aromatic rings. The number of hydrogen-bond donors (Lipinski definition) is 1. The number of rotatable bonds is 6. The average molecular weight is 497 g/mol. The first-order valence-electron chi connectivity index (χ1n) is 12.3. The molecule has 2 aliphatic rings. The summed E-state index contributed by atoms with van der Waals surface area (Å²) < 4.78 is 0. The summed E-state index contributed by atoms with van der Waals surface area (Å²) in [5, 5.41) is 3.55. The number of piperidine rings is 1. The van der Waals surface area contributed by atoms with Gasteiger partial charge in [0, 0.05) is 74.4 Å². The molecule has 2 saturated heterocycles. The first-order valence-corrected chi connectivity index (χ1v) is 12.7. The summed E-state index contributed by atoms with van der Waals surface area (Å²) in [5.74, 6) is -0.0313. The van der Waals surface area contributed by atoms with E-state index in [1.165, 1.54) is 0 Å². The predicted molar refractivity (Wildman–Crippen MR) is 139 cm³/mol. The van der Waals surface area contributed by atoms with Gasteiger partial charge in [-0.2, -0.15) is 0 Å². The van der Waals surface area contributed by atoms with Crippen LogP contribution in [0.25, 0.3) is 0 Å². The molecule has 8 heteroatoms. The zero-order valence-electron chi connectivity index (χ0n) is 20.2. The molecule has 0 radical (unpaired) electrons. The monoisotopic (exact) mass is 496 g/mol. The topological polar surface area (TPSA) is 73.0 Å². The Balaban J connectivity index is 1.17. The van der Waals surface area contributed by atoms with Gasteiger partial charge in [-0.15, -0.1) is 0 Å². The number of aryl methyl sites for hydroxylation is 1. The largest absolute Gasteiger partial charge is 0.368 e. The number of nitrogens with zero attached hydrogens (tertiary/aromatic N) is 3. The van der Waals surface area contributed by atoms with Gasteiger partial charge in [0.05, 0.1) is 0 Å². The van der Waals surface area contributed by atoms with E-state index in [4.69, 9.17) is 11.6 Å². The van der Waals surface area contributed by atoms with Crippen LogP contribution in [-0.2, 0) is 14.4 Å². The maximum absolute atomic E-state index is 13.1. The van der Waals surface area contributed by atoms with E-state index in [0.29, 0.717) is 44.0 Å². The number of anilines is 2. The van der Waals surface area contributed by atoms with Crippen molar-refractivity contribution in [3.63, 3.8) is 0 Å². The van der Waals surface area contributed by atoms with Crippen LogP contribution in [0.2, 0.25) is 5.02 Å². The third kappa shape index (κ3) is 6.75. The summed E-state index contributed by atoms with van der Waals surface area (Å²) in [4.78, 5) is 43.9. The zero-order chi connectivity index (χ0) is 24.8. The minimum atomic E-state index is -0.163. The Kier molecular flexibility index (Phi) is 8.29. The summed E-state index contributed by atoms with van der Waals surface area (Å²) >= 11 is 6.11. The smallest absolute Gasteiger partial charge is 0.225 e. The van der Waals surface area contributed by atoms with Crippen molar-refractivity contribution >= 4 is 40.7 Å². The van der Waals surface area contributed by atoms with Crippen LogP contribution >= 0.6 is 11.6 Å². The predicted octanol–water partition coefficient (Wildman–Crippen LogP) is 3.95. The molecular formula is C27H33ClN4O3. The third-order valence-corrected chi connectivity index (χ3v) is 7.10. The Morgan fingerprint density at radius 1 is 0.886 bits per heavy atom. The molecule has 1 N–H and O–H groups in total. The molecule has 2 fully saturated rings. The highest BCUT2D eigenvalue weighted by Gasteiger charge is 2.31. The van der Waals surface area contributed by atoms with Crippen molar-refractivity contribution in [1.82, 2.24) is 9.80 Å². The van der Waals surface area contributed by atoms with E-state index >= 15 is 0 Å². The Morgan fingerprint density at radius 2 is 1.57 bits per heavy atom. The number of hydrogen-bond acceptors (Lipinski definition) is 4. The van der Waals surface area contributed by atoms with Crippen molar-refractivity contribution in [2.75, 3.05) is 49.5 Å². The first kappa shape index (κ1) is 25.0. The Hall–Kier alpha value is -3.06. The van der Waals surface area contributed by atoms with Gasteiger partial charge in [-0.25, -0.2) is 0 Å². The molecule has 0 unspecified atom stereocenters. The van der Waals surface area contributed by atoms with Crippen molar-refractivity contribution in [2.45, 2.75) is 32.6 Å². The normalized spacial score (nSPS) is 16.8. The van der Waals surface area contributed by atoms with E-state index in [-0.39, 0.29) is 36.5 Å². The number of likely N-dealkylation sites (tertiary alicyclic amines) is 1. The van der Waals surface area contributed by atoms with Gasteiger partial charge in [0.15, 0.2) is 0 Å². The minimum Gasteiger partial charge on any atom is -0.368 e. The van der Waals surface area contributed by atoms with Gasteiger partial charge in [-0.1, -0.05) is 35.4 Å². The van der Waals surface area contributed by atoms with Crippen LogP contribution in [0.15, 0.2) is 48.5 Å². The van der Waals surface area contributed by atoms with Gasteiger partial charge in [-0.3, -0.25) is 14.4 Å². The molecule has 0 bridgehead atoms. The van der Waals surface area contributed by atoms with Gasteiger partial charge in [0.2, 0.25) is 17.7 Å². The number of carbonyl (C=O) groups excluding carboxylic acids is 3. The maximum atomic E-state index is 13.1. The number of nitrogens with one attached hydrogen (secondary N) is 1. The number of carbonyl (C=O) groups is 3. The van der Waals surface area contributed by atoms with Crippen molar-refractivity contribution in [2.24, 2.45) is 5.92 Å². The van der Waals surface area contributed by atoms with Crippen LogP contribution in [0.5, 0.6) is 0 Å². The Labute approximate surface area is 212 Å². The average Bonchev–Trinajstić information content (AvgIpc) is 2.88. The fourth-order valence-electron chi connectivity index (χ4n) is 4.73. The molecule has 7 nitrogen and oxygen atoms in total. The number of piperazine rings is 1. The SMILES string of the molecule is Cc1ccc(NC(=O)CCC(=O)N2CCC(C(=O)N3CCN(c4cccc(Cl)c4)CC3)CC2)cc1. The zero-order valence-corrected chi connectivity index (χ0v) is 21.0. The van der Waals surface area contributed by atoms with E-state index in [1.807, 2.05) is 60.4 Å². The van der Waals surface area contributed by atoms with E-state index in [9.17, 15) is 14.4 Å². The molecule has 35 heavy (non-hydrogen) atoms. The fourth-order valence-corrected chi connectivity index (χ4v) is 4.92. The van der Waals surface area contributed by atoms with Crippen LogP contribution in [0.1, 0.15) is 31.2 Å². The highest BCUT2D eigenvalue weighted by atomic mass is 35.5. The van der Waals surface area contributed by atoms with Crippen molar-refractivity contribution in [3.05, 3.63) is 59.1 Å². The van der Waals surface area contributed by atoms with Gasteiger partial charge >= 0.3 is 0 Å². The van der Waals surface area contributed by atoms with Gasteiger partial charge in [0.25, 0.3) is 0 Å². The molecule has 3 amide bonds. The standard InChI is InChI=1S/C27H33ClN4O3/c1-20-5-7-23(8-6-20)29-25(33)9-10-26(34)31-13-11-21(12-14-31)27(35)32-17-15-30(16-18-32)24-4-2-3-22(28)19-24/h2-8,19,21H,9-18H2,1H3,(H,29,33). The molecule has 0 aliphatic carbocycles. The molecule has 0 saturated carbocycles. The van der Waals surface area contributed by atoms with Crippen LogP contribution in [0.4, 0.5) is 11.4 Å². The quantitative estimate of drug-likeness (QED) is 0.657. The van der Waals surface area contributed by atoms with Crippen LogP contribution in [-0.4, -0.2) is 66.8 Å². The van der Waals surface area contributed by atoms with Crippen LogP contribution in [0.3, 0.4) is 0 Å². The maximum Gasteiger partial charge on any atom is 0.225 e. The second-order valence-corrected chi connectivity index (χ2v) is 9.80. The second-order valence-electron chi connectivity index (χ2n) is 9.36. The molecule has 2 heterocycles. The van der Waals surface area contributed by atoms with E-state index in [2.05, 4.69) is 10.2 Å². The van der Waals surface area contributed by atoms with Crippen molar-refractivity contribution in [3.8, 4) is 0 Å². The molecule has 0 aromatic heterocycles. The van der Waals surface area contributed by atoms with E-state index in [0.717, 1.165) is 30.0 Å². The Morgan fingerprint density at radius 3 is 2.23 bits per heavy atom. The summed E-state index contributed by atoms with van der Waals surface area (Å²) in [6.45, 7) is 6.08. The summed E-state index contributed by atoms with van der Waals surface area (Å²) in [5.41, 5.74) is 2.95. The van der Waals surface area contributed by atoms with Crippen LogP contribution in [0, 0.1) is 12.8 Å². The third-order valence-electron chi connectivity index (χ3n) is 6.86. The molecular weight excluding hydrogens is 464 g/mol. The molecule has 0 atom stereocenters. The summed E-state index contributed by atoms with van der Waals surface area (Å²) in [7, 11) is 0. The first-order chi connectivity index (χ1) is 16.9. The lowest BCUT2D eigenvalue weighted by Crippen LogP contribution is -2.52. The van der Waals surface area contributed by atoms with Crippen LogP contribution < -0.4 is 10.2 Å². The molecule has 186 valence electrons. The minimum absolute atomic E-state index is 0.0231. The fraction of sp³-hybridized carbons (Fsp3) is 0.444. The molecule has 2 aromatic carbocycles. The number of benzene rings is 2.